The van der Waals surface area contributed by atoms with E-state index >= 15 is 0 Å². The van der Waals surface area contributed by atoms with Gasteiger partial charge in [-0.2, -0.15) is 4.31 Å². The van der Waals surface area contributed by atoms with Crippen molar-refractivity contribution < 1.29 is 13.2 Å². The standard InChI is InChI=1S/C15H24N2O3S/c1-4-16-11-14-9-12(2)13(3)15(10-14)21(18,19)17-5-7-20-8-6-17/h9-10,16H,4-8,11H2,1-3H3. The van der Waals surface area contributed by atoms with Crippen LogP contribution in [0.5, 0.6) is 0 Å². The highest BCUT2D eigenvalue weighted by molar-refractivity contribution is 7.89. The summed E-state index contributed by atoms with van der Waals surface area (Å²) in [5.74, 6) is 0. The summed E-state index contributed by atoms with van der Waals surface area (Å²) in [5, 5.41) is 3.24. The van der Waals surface area contributed by atoms with Crippen LogP contribution >= 0.6 is 0 Å². The summed E-state index contributed by atoms with van der Waals surface area (Å²) in [7, 11) is -3.44. The van der Waals surface area contributed by atoms with Gasteiger partial charge in [0.2, 0.25) is 10.0 Å². The first kappa shape index (κ1) is 16.4. The number of nitrogens with zero attached hydrogens (tertiary/aromatic N) is 1. The number of morpholine rings is 1. The molecule has 2 rings (SSSR count). The molecule has 0 aromatic heterocycles. The number of nitrogens with one attached hydrogen (secondary N) is 1. The molecule has 0 unspecified atom stereocenters. The van der Waals surface area contributed by atoms with Gasteiger partial charge in [-0.05, 0) is 43.1 Å². The zero-order valence-corrected chi connectivity index (χ0v) is 13.8. The average molecular weight is 312 g/mol. The Morgan fingerprint density at radius 1 is 1.24 bits per heavy atom. The number of aryl methyl sites for hydroxylation is 1. The van der Waals surface area contributed by atoms with Crippen LogP contribution < -0.4 is 5.32 Å². The fourth-order valence-corrected chi connectivity index (χ4v) is 4.22. The summed E-state index contributed by atoms with van der Waals surface area (Å²) >= 11 is 0. The van der Waals surface area contributed by atoms with Crippen LogP contribution in [0.4, 0.5) is 0 Å². The SMILES string of the molecule is CCNCc1cc(C)c(C)c(S(=O)(=O)N2CCOCC2)c1. The zero-order chi connectivity index (χ0) is 15.5. The second-order valence-electron chi connectivity index (χ2n) is 5.33. The Hall–Kier alpha value is -0.950. The molecule has 0 bridgehead atoms. The van der Waals surface area contributed by atoms with E-state index < -0.39 is 10.0 Å². The summed E-state index contributed by atoms with van der Waals surface area (Å²) in [6.45, 7) is 9.20. The molecule has 1 aromatic rings. The Kier molecular flexibility index (Phi) is 5.37. The van der Waals surface area contributed by atoms with Gasteiger partial charge < -0.3 is 10.1 Å². The van der Waals surface area contributed by atoms with Crippen LogP contribution in [0, 0.1) is 13.8 Å². The molecule has 0 aliphatic carbocycles. The lowest BCUT2D eigenvalue weighted by atomic mass is 10.1. The minimum absolute atomic E-state index is 0.428. The van der Waals surface area contributed by atoms with Crippen molar-refractivity contribution in [1.82, 2.24) is 9.62 Å². The third-order valence-electron chi connectivity index (χ3n) is 3.85. The molecule has 0 amide bonds. The molecular weight excluding hydrogens is 288 g/mol. The minimum atomic E-state index is -3.44. The lowest BCUT2D eigenvalue weighted by Crippen LogP contribution is -2.41. The summed E-state index contributed by atoms with van der Waals surface area (Å²) < 4.78 is 32.4. The average Bonchev–Trinajstić information content (AvgIpc) is 2.49. The van der Waals surface area contributed by atoms with E-state index in [2.05, 4.69) is 11.4 Å². The molecular formula is C15H24N2O3S. The smallest absolute Gasteiger partial charge is 0.243 e. The first-order valence-corrected chi connectivity index (χ1v) is 8.79. The molecule has 1 heterocycles. The number of hydrogen-bond donors (Lipinski definition) is 1. The summed E-state index contributed by atoms with van der Waals surface area (Å²) in [6, 6.07) is 3.85. The van der Waals surface area contributed by atoms with Gasteiger partial charge >= 0.3 is 0 Å². The predicted octanol–water partition coefficient (Wildman–Crippen LogP) is 1.43. The largest absolute Gasteiger partial charge is 0.379 e. The molecule has 1 aliphatic rings. The van der Waals surface area contributed by atoms with Crippen LogP contribution in [0.2, 0.25) is 0 Å². The lowest BCUT2D eigenvalue weighted by molar-refractivity contribution is 0.0730. The van der Waals surface area contributed by atoms with Crippen molar-refractivity contribution >= 4 is 10.0 Å². The van der Waals surface area contributed by atoms with E-state index in [1.54, 1.807) is 6.07 Å². The molecule has 0 radical (unpaired) electrons. The van der Waals surface area contributed by atoms with Crippen molar-refractivity contribution in [3.8, 4) is 0 Å². The van der Waals surface area contributed by atoms with Crippen molar-refractivity contribution in [2.45, 2.75) is 32.2 Å². The van der Waals surface area contributed by atoms with Crippen molar-refractivity contribution in [2.75, 3.05) is 32.8 Å². The first-order chi connectivity index (χ1) is 9.96. The van der Waals surface area contributed by atoms with Crippen molar-refractivity contribution in [3.63, 3.8) is 0 Å². The van der Waals surface area contributed by atoms with Gasteiger partial charge in [-0.15, -0.1) is 0 Å². The van der Waals surface area contributed by atoms with Gasteiger partial charge in [0, 0.05) is 19.6 Å². The number of ether oxygens (including phenoxy) is 1. The van der Waals surface area contributed by atoms with E-state index in [0.717, 1.165) is 23.2 Å². The topological polar surface area (TPSA) is 58.6 Å². The molecule has 0 saturated carbocycles. The van der Waals surface area contributed by atoms with Crippen LogP contribution in [-0.2, 0) is 21.3 Å². The van der Waals surface area contributed by atoms with Gasteiger partial charge in [0.05, 0.1) is 18.1 Å². The molecule has 1 saturated heterocycles. The fraction of sp³-hybridized carbons (Fsp3) is 0.600. The second kappa shape index (κ2) is 6.87. The van der Waals surface area contributed by atoms with Crippen molar-refractivity contribution in [1.29, 1.82) is 0 Å². The Labute approximate surface area is 127 Å². The first-order valence-electron chi connectivity index (χ1n) is 7.35. The van der Waals surface area contributed by atoms with Gasteiger partial charge in [-0.25, -0.2) is 8.42 Å². The van der Waals surface area contributed by atoms with Gasteiger partial charge in [0.25, 0.3) is 0 Å². The Balaban J connectivity index is 2.38. The summed E-state index contributed by atoms with van der Waals surface area (Å²) in [4.78, 5) is 0.428. The van der Waals surface area contributed by atoms with Gasteiger partial charge in [-0.1, -0.05) is 13.0 Å². The molecule has 1 aromatic carbocycles. The van der Waals surface area contributed by atoms with E-state index in [9.17, 15) is 8.42 Å². The highest BCUT2D eigenvalue weighted by atomic mass is 32.2. The molecule has 1 aliphatic heterocycles. The van der Waals surface area contributed by atoms with E-state index in [4.69, 9.17) is 4.74 Å². The highest BCUT2D eigenvalue weighted by Crippen LogP contribution is 2.25. The third-order valence-corrected chi connectivity index (χ3v) is 5.87. The quantitative estimate of drug-likeness (QED) is 0.894. The fourth-order valence-electron chi connectivity index (χ4n) is 2.46. The normalized spacial score (nSPS) is 17.1. The lowest BCUT2D eigenvalue weighted by Gasteiger charge is -2.27. The molecule has 5 nitrogen and oxygen atoms in total. The number of hydrogen-bond acceptors (Lipinski definition) is 4. The van der Waals surface area contributed by atoms with Crippen molar-refractivity contribution in [2.24, 2.45) is 0 Å². The minimum Gasteiger partial charge on any atom is -0.379 e. The van der Waals surface area contributed by atoms with Crippen LogP contribution in [0.3, 0.4) is 0 Å². The molecule has 1 N–H and O–H groups in total. The number of benzene rings is 1. The maximum Gasteiger partial charge on any atom is 0.243 e. The monoisotopic (exact) mass is 312 g/mol. The number of rotatable bonds is 5. The molecule has 1 fully saturated rings. The maximum atomic E-state index is 12.8. The van der Waals surface area contributed by atoms with E-state index in [-0.39, 0.29) is 0 Å². The molecule has 0 atom stereocenters. The van der Waals surface area contributed by atoms with Crippen LogP contribution in [-0.4, -0.2) is 45.6 Å². The summed E-state index contributed by atoms with van der Waals surface area (Å²) in [5.41, 5.74) is 2.85. The van der Waals surface area contributed by atoms with E-state index in [1.807, 2.05) is 20.8 Å². The maximum absolute atomic E-state index is 12.8. The molecule has 118 valence electrons. The highest BCUT2D eigenvalue weighted by Gasteiger charge is 2.28. The van der Waals surface area contributed by atoms with Crippen LogP contribution in [0.15, 0.2) is 17.0 Å². The molecule has 6 heteroatoms. The van der Waals surface area contributed by atoms with Crippen molar-refractivity contribution in [3.05, 3.63) is 28.8 Å². The van der Waals surface area contributed by atoms with Crippen LogP contribution in [0.25, 0.3) is 0 Å². The Bertz CT molecular complexity index is 593. The second-order valence-corrected chi connectivity index (χ2v) is 7.24. The molecule has 21 heavy (non-hydrogen) atoms. The summed E-state index contributed by atoms with van der Waals surface area (Å²) in [6.07, 6.45) is 0. The van der Waals surface area contributed by atoms with E-state index in [1.165, 1.54) is 4.31 Å². The Morgan fingerprint density at radius 3 is 2.52 bits per heavy atom. The van der Waals surface area contributed by atoms with E-state index in [0.29, 0.717) is 37.7 Å². The number of sulfonamides is 1. The van der Waals surface area contributed by atoms with Crippen LogP contribution in [0.1, 0.15) is 23.6 Å². The zero-order valence-electron chi connectivity index (χ0n) is 13.0. The van der Waals surface area contributed by atoms with Gasteiger partial charge in [-0.3, -0.25) is 0 Å². The third kappa shape index (κ3) is 3.63. The predicted molar refractivity (Wildman–Crippen MR) is 82.9 cm³/mol. The van der Waals surface area contributed by atoms with Gasteiger partial charge in [0.1, 0.15) is 0 Å². The Morgan fingerprint density at radius 2 is 1.90 bits per heavy atom. The van der Waals surface area contributed by atoms with Gasteiger partial charge in [0.15, 0.2) is 0 Å². The molecule has 0 spiro atoms.